The number of hydrogen-bond acceptors (Lipinski definition) is 0. The van der Waals surface area contributed by atoms with Gasteiger partial charge in [0.2, 0.25) is 0 Å². The summed E-state index contributed by atoms with van der Waals surface area (Å²) in [6.45, 7) is 9.04. The third kappa shape index (κ3) is 5.52. The second kappa shape index (κ2) is 7.98. The van der Waals surface area contributed by atoms with Gasteiger partial charge in [-0.05, 0) is 46.9 Å². The van der Waals surface area contributed by atoms with E-state index in [1.54, 1.807) is 0 Å². The zero-order chi connectivity index (χ0) is 15.9. The summed E-state index contributed by atoms with van der Waals surface area (Å²) in [4.78, 5) is 0. The Kier molecular flexibility index (Phi) is 6.00. The molecule has 2 aromatic rings. The van der Waals surface area contributed by atoms with Crippen molar-refractivity contribution in [2.45, 2.75) is 40.5 Å². The Labute approximate surface area is 135 Å². The number of benzene rings is 2. The van der Waals surface area contributed by atoms with Crippen LogP contribution < -0.4 is 0 Å². The molecular weight excluding hydrogens is 264 g/mol. The lowest BCUT2D eigenvalue weighted by molar-refractivity contribution is 0.647. The van der Waals surface area contributed by atoms with E-state index in [4.69, 9.17) is 0 Å². The van der Waals surface area contributed by atoms with Crippen molar-refractivity contribution in [1.29, 1.82) is 0 Å². The molecule has 2 aromatic carbocycles. The van der Waals surface area contributed by atoms with E-state index >= 15 is 0 Å². The Hall–Kier alpha value is -1.82. The summed E-state index contributed by atoms with van der Waals surface area (Å²) < 4.78 is 0. The first-order chi connectivity index (χ1) is 10.5. The lowest BCUT2D eigenvalue weighted by atomic mass is 10.0. The first-order valence-corrected chi connectivity index (χ1v) is 8.39. The van der Waals surface area contributed by atoms with Crippen molar-refractivity contribution in [1.82, 2.24) is 0 Å². The first-order valence-electron chi connectivity index (χ1n) is 8.39. The average molecular weight is 292 g/mol. The van der Waals surface area contributed by atoms with Crippen LogP contribution in [-0.2, 0) is 12.8 Å². The van der Waals surface area contributed by atoms with Gasteiger partial charge in [-0.25, -0.2) is 0 Å². The van der Waals surface area contributed by atoms with Gasteiger partial charge in [-0.3, -0.25) is 0 Å². The maximum Gasteiger partial charge on any atom is -0.0256 e. The highest BCUT2D eigenvalue weighted by atomic mass is 14.0. The van der Waals surface area contributed by atoms with Gasteiger partial charge < -0.3 is 0 Å². The molecule has 0 atom stereocenters. The van der Waals surface area contributed by atoms with Gasteiger partial charge >= 0.3 is 0 Å². The molecule has 0 fully saturated rings. The van der Waals surface area contributed by atoms with E-state index in [0.29, 0.717) is 11.8 Å². The molecule has 0 aliphatic rings. The van der Waals surface area contributed by atoms with Crippen LogP contribution in [0.3, 0.4) is 0 Å². The number of rotatable bonds is 6. The average Bonchev–Trinajstić information content (AvgIpc) is 2.47. The summed E-state index contributed by atoms with van der Waals surface area (Å²) in [5.74, 6) is 1.43. The van der Waals surface area contributed by atoms with Crippen molar-refractivity contribution in [2.75, 3.05) is 0 Å². The quantitative estimate of drug-likeness (QED) is 0.552. The van der Waals surface area contributed by atoms with Crippen LogP contribution in [0, 0.1) is 11.8 Å². The minimum Gasteiger partial charge on any atom is -0.0625 e. The Bertz CT molecular complexity index is 527. The van der Waals surface area contributed by atoms with Crippen molar-refractivity contribution in [3.8, 4) is 0 Å². The molecule has 0 saturated heterocycles. The van der Waals surface area contributed by atoms with E-state index in [-0.39, 0.29) is 0 Å². The number of hydrogen-bond donors (Lipinski definition) is 0. The van der Waals surface area contributed by atoms with Crippen LogP contribution in [0.4, 0.5) is 0 Å². The molecule has 116 valence electrons. The minimum atomic E-state index is 0.714. The van der Waals surface area contributed by atoms with Gasteiger partial charge in [0.25, 0.3) is 0 Å². The van der Waals surface area contributed by atoms with E-state index in [1.165, 1.54) is 22.3 Å². The van der Waals surface area contributed by atoms with Gasteiger partial charge in [0.1, 0.15) is 0 Å². The van der Waals surface area contributed by atoms with Crippen LogP contribution in [0.5, 0.6) is 0 Å². The van der Waals surface area contributed by atoms with Crippen LogP contribution in [0.25, 0.3) is 12.2 Å². The lowest BCUT2D eigenvalue weighted by Gasteiger charge is -2.05. The first kappa shape index (κ1) is 16.5. The monoisotopic (exact) mass is 292 g/mol. The van der Waals surface area contributed by atoms with E-state index in [9.17, 15) is 0 Å². The summed E-state index contributed by atoms with van der Waals surface area (Å²) >= 11 is 0. The third-order valence-electron chi connectivity index (χ3n) is 3.72. The molecule has 0 amide bonds. The Morgan fingerprint density at radius 1 is 0.591 bits per heavy atom. The van der Waals surface area contributed by atoms with Gasteiger partial charge in [-0.1, -0.05) is 88.4 Å². The van der Waals surface area contributed by atoms with Crippen molar-refractivity contribution < 1.29 is 0 Å². The van der Waals surface area contributed by atoms with Gasteiger partial charge in [0, 0.05) is 0 Å². The van der Waals surface area contributed by atoms with Gasteiger partial charge in [-0.2, -0.15) is 0 Å². The maximum atomic E-state index is 2.26. The minimum absolute atomic E-state index is 0.714. The SMILES string of the molecule is CC(C)Cc1ccc(/C=C/c2ccc(CC(C)C)cc2)cc1. The molecule has 0 saturated carbocycles. The van der Waals surface area contributed by atoms with Crippen molar-refractivity contribution in [2.24, 2.45) is 11.8 Å². The van der Waals surface area contributed by atoms with Gasteiger partial charge in [-0.15, -0.1) is 0 Å². The van der Waals surface area contributed by atoms with Crippen LogP contribution in [-0.4, -0.2) is 0 Å². The summed E-state index contributed by atoms with van der Waals surface area (Å²) in [5, 5.41) is 0. The molecule has 0 N–H and O–H groups in total. The molecule has 0 aliphatic carbocycles. The molecule has 0 nitrogen and oxygen atoms in total. The summed E-state index contributed by atoms with van der Waals surface area (Å²) in [6, 6.07) is 17.8. The summed E-state index contributed by atoms with van der Waals surface area (Å²) in [7, 11) is 0. The molecule has 2 rings (SSSR count). The lowest BCUT2D eigenvalue weighted by Crippen LogP contribution is -1.93. The van der Waals surface area contributed by atoms with Crippen LogP contribution >= 0.6 is 0 Å². The molecule has 0 aromatic heterocycles. The zero-order valence-corrected chi connectivity index (χ0v) is 14.3. The topological polar surface area (TPSA) is 0 Å². The second-order valence-corrected chi connectivity index (χ2v) is 7.01. The van der Waals surface area contributed by atoms with Crippen LogP contribution in [0.15, 0.2) is 48.5 Å². The molecule has 0 aliphatic heterocycles. The van der Waals surface area contributed by atoms with Crippen LogP contribution in [0.1, 0.15) is 49.9 Å². The molecule has 0 heteroatoms. The largest absolute Gasteiger partial charge is 0.0625 e. The normalized spacial score (nSPS) is 11.7. The van der Waals surface area contributed by atoms with Crippen molar-refractivity contribution in [3.63, 3.8) is 0 Å². The van der Waals surface area contributed by atoms with E-state index < -0.39 is 0 Å². The molecule has 0 bridgehead atoms. The smallest absolute Gasteiger partial charge is 0.0256 e. The molecule has 0 spiro atoms. The van der Waals surface area contributed by atoms with E-state index in [1.807, 2.05) is 0 Å². The fourth-order valence-electron chi connectivity index (χ4n) is 2.66. The fourth-order valence-corrected chi connectivity index (χ4v) is 2.66. The standard InChI is InChI=1S/C22H28/c1-17(2)15-21-11-7-19(8-12-21)5-6-20-9-13-22(14-10-20)16-18(3)4/h5-14,17-18H,15-16H2,1-4H3/b6-5+. The van der Waals surface area contributed by atoms with E-state index in [0.717, 1.165) is 12.8 Å². The zero-order valence-electron chi connectivity index (χ0n) is 14.3. The maximum absolute atomic E-state index is 2.26. The van der Waals surface area contributed by atoms with Gasteiger partial charge in [0.15, 0.2) is 0 Å². The molecular formula is C22H28. The van der Waals surface area contributed by atoms with Crippen LogP contribution in [0.2, 0.25) is 0 Å². The highest BCUT2D eigenvalue weighted by molar-refractivity contribution is 5.69. The second-order valence-electron chi connectivity index (χ2n) is 7.01. The highest BCUT2D eigenvalue weighted by Crippen LogP contribution is 2.14. The Morgan fingerprint density at radius 2 is 0.909 bits per heavy atom. The predicted octanol–water partition coefficient (Wildman–Crippen LogP) is 6.25. The molecule has 0 radical (unpaired) electrons. The Balaban J connectivity index is 1.99. The van der Waals surface area contributed by atoms with Crippen molar-refractivity contribution in [3.05, 3.63) is 70.8 Å². The predicted molar refractivity (Wildman–Crippen MR) is 98.9 cm³/mol. The summed E-state index contributed by atoms with van der Waals surface area (Å²) in [6.07, 6.45) is 6.69. The van der Waals surface area contributed by atoms with Crippen molar-refractivity contribution >= 4 is 12.2 Å². The fraction of sp³-hybridized carbons (Fsp3) is 0.364. The highest BCUT2D eigenvalue weighted by Gasteiger charge is 1.98. The molecule has 0 heterocycles. The molecule has 22 heavy (non-hydrogen) atoms. The third-order valence-corrected chi connectivity index (χ3v) is 3.72. The molecule has 0 unspecified atom stereocenters. The summed E-state index contributed by atoms with van der Waals surface area (Å²) in [5.41, 5.74) is 5.37. The van der Waals surface area contributed by atoms with Gasteiger partial charge in [0.05, 0.1) is 0 Å². The van der Waals surface area contributed by atoms with E-state index in [2.05, 4.69) is 88.4 Å². The Morgan fingerprint density at radius 3 is 1.18 bits per heavy atom.